The van der Waals surface area contributed by atoms with Crippen molar-refractivity contribution in [3.63, 3.8) is 0 Å². The standard InChI is InChI=1S/C33H40N4.C2H6/c1-6-9-31-29(7-2)32(24(4)34-5)30(8-3)33(36-31)28-16-14-27(15-17-28)26-12-10-25(11-13-26)18-21-37-22-19-35-20-23-37;1-2/h6-7,9-17,34-35H,2,4,8,18-23H2,1,3,5H3;1-2H3/b9-6-;. The molecule has 2 N–H and O–H groups in total. The fourth-order valence-corrected chi connectivity index (χ4v) is 5.11. The monoisotopic (exact) mass is 522 g/mol. The predicted octanol–water partition coefficient (Wildman–Crippen LogP) is 7.32. The van der Waals surface area contributed by atoms with Gasteiger partial charge in [0.05, 0.1) is 11.4 Å². The summed E-state index contributed by atoms with van der Waals surface area (Å²) < 4.78 is 0. The second-order valence-electron chi connectivity index (χ2n) is 9.52. The fraction of sp³-hybridized carbons (Fsp3) is 0.343. The van der Waals surface area contributed by atoms with Gasteiger partial charge in [-0.25, -0.2) is 4.98 Å². The topological polar surface area (TPSA) is 40.2 Å². The zero-order valence-corrected chi connectivity index (χ0v) is 24.6. The Morgan fingerprint density at radius 1 is 1.00 bits per heavy atom. The molecule has 1 fully saturated rings. The van der Waals surface area contributed by atoms with Crippen molar-refractivity contribution in [1.82, 2.24) is 20.5 Å². The first kappa shape index (κ1) is 30.1. The van der Waals surface area contributed by atoms with E-state index in [4.69, 9.17) is 4.98 Å². The van der Waals surface area contributed by atoms with Crippen LogP contribution >= 0.6 is 0 Å². The number of pyridine rings is 1. The van der Waals surface area contributed by atoms with Crippen LogP contribution in [0.4, 0.5) is 0 Å². The maximum Gasteiger partial charge on any atom is 0.0748 e. The summed E-state index contributed by atoms with van der Waals surface area (Å²) in [5.74, 6) is 0. The largest absolute Gasteiger partial charge is 0.388 e. The van der Waals surface area contributed by atoms with Gasteiger partial charge in [-0.15, -0.1) is 0 Å². The minimum atomic E-state index is 0.854. The molecule has 0 bridgehead atoms. The first-order chi connectivity index (χ1) is 19.1. The SMILES string of the molecule is C=Cc1c(/C=C\C)nc(-c2ccc(-c3ccc(CCN4CCNCC4)cc3)cc2)c(CC)c1C(=C)NC.CC. The molecule has 1 aromatic heterocycles. The summed E-state index contributed by atoms with van der Waals surface area (Å²) in [6, 6.07) is 17.8. The number of nitrogens with zero attached hydrogens (tertiary/aromatic N) is 2. The third kappa shape index (κ3) is 7.35. The lowest BCUT2D eigenvalue weighted by atomic mass is 9.91. The van der Waals surface area contributed by atoms with E-state index in [-0.39, 0.29) is 0 Å². The van der Waals surface area contributed by atoms with E-state index in [2.05, 4.69) is 84.1 Å². The molecule has 0 spiro atoms. The lowest BCUT2D eigenvalue weighted by Gasteiger charge is -2.27. The van der Waals surface area contributed by atoms with Crippen LogP contribution < -0.4 is 10.6 Å². The van der Waals surface area contributed by atoms with Gasteiger partial charge in [0.2, 0.25) is 0 Å². The molecular weight excluding hydrogens is 476 g/mol. The van der Waals surface area contributed by atoms with Gasteiger partial charge in [0.25, 0.3) is 0 Å². The van der Waals surface area contributed by atoms with E-state index in [1.165, 1.54) is 22.3 Å². The molecule has 4 rings (SSSR count). The molecule has 1 saturated heterocycles. The lowest BCUT2D eigenvalue weighted by Crippen LogP contribution is -2.44. The van der Waals surface area contributed by atoms with E-state index in [9.17, 15) is 0 Å². The minimum Gasteiger partial charge on any atom is -0.388 e. The van der Waals surface area contributed by atoms with Crippen molar-refractivity contribution in [2.45, 2.75) is 40.5 Å². The second-order valence-corrected chi connectivity index (χ2v) is 9.52. The Morgan fingerprint density at radius 3 is 2.13 bits per heavy atom. The van der Waals surface area contributed by atoms with Gasteiger partial charge in [0, 0.05) is 62.2 Å². The number of benzene rings is 2. The molecule has 0 unspecified atom stereocenters. The van der Waals surface area contributed by atoms with Gasteiger partial charge in [-0.3, -0.25) is 0 Å². The van der Waals surface area contributed by atoms with Crippen molar-refractivity contribution >= 4 is 17.8 Å². The molecule has 3 aromatic rings. The summed E-state index contributed by atoms with van der Waals surface area (Å²) in [6.45, 7) is 22.2. The number of allylic oxidation sites excluding steroid dienone is 1. The van der Waals surface area contributed by atoms with Crippen LogP contribution in [0.5, 0.6) is 0 Å². The van der Waals surface area contributed by atoms with Crippen molar-refractivity contribution < 1.29 is 0 Å². The Balaban J connectivity index is 0.00000205. The number of rotatable bonds is 10. The molecule has 1 aliphatic heterocycles. The predicted molar refractivity (Wildman–Crippen MR) is 172 cm³/mol. The summed E-state index contributed by atoms with van der Waals surface area (Å²) in [7, 11) is 1.91. The van der Waals surface area contributed by atoms with Gasteiger partial charge >= 0.3 is 0 Å². The first-order valence-corrected chi connectivity index (χ1v) is 14.4. The van der Waals surface area contributed by atoms with Gasteiger partial charge in [0.1, 0.15) is 0 Å². The Kier molecular flexibility index (Phi) is 11.7. The van der Waals surface area contributed by atoms with E-state index >= 15 is 0 Å². The average molecular weight is 523 g/mol. The maximum absolute atomic E-state index is 5.09. The van der Waals surface area contributed by atoms with Crippen molar-refractivity contribution in [3.05, 3.63) is 95.7 Å². The highest BCUT2D eigenvalue weighted by molar-refractivity contribution is 5.83. The summed E-state index contributed by atoms with van der Waals surface area (Å²) in [4.78, 5) is 7.63. The van der Waals surface area contributed by atoms with Gasteiger partial charge < -0.3 is 15.5 Å². The minimum absolute atomic E-state index is 0.854. The molecule has 0 saturated carbocycles. The van der Waals surface area contributed by atoms with Crippen LogP contribution in [-0.2, 0) is 12.8 Å². The van der Waals surface area contributed by atoms with E-state index in [1.807, 2.05) is 46.0 Å². The smallest absolute Gasteiger partial charge is 0.0748 e. The normalized spacial score (nSPS) is 13.6. The lowest BCUT2D eigenvalue weighted by molar-refractivity contribution is 0.244. The maximum atomic E-state index is 5.09. The number of hydrogen-bond donors (Lipinski definition) is 2. The van der Waals surface area contributed by atoms with Gasteiger partial charge in [-0.05, 0) is 48.1 Å². The van der Waals surface area contributed by atoms with Crippen molar-refractivity contribution in [2.24, 2.45) is 0 Å². The third-order valence-electron chi connectivity index (χ3n) is 7.22. The quantitative estimate of drug-likeness (QED) is 0.293. The van der Waals surface area contributed by atoms with Crippen LogP contribution in [-0.4, -0.2) is 49.7 Å². The Labute approximate surface area is 236 Å². The second kappa shape index (κ2) is 15.2. The Bertz CT molecular complexity index is 1250. The van der Waals surface area contributed by atoms with Crippen molar-refractivity contribution in [1.29, 1.82) is 0 Å². The zero-order valence-electron chi connectivity index (χ0n) is 24.6. The Hall–Kier alpha value is -3.47. The highest BCUT2D eigenvalue weighted by Gasteiger charge is 2.19. The molecule has 206 valence electrons. The molecule has 39 heavy (non-hydrogen) atoms. The van der Waals surface area contributed by atoms with Crippen LogP contribution in [0.1, 0.15) is 55.6 Å². The van der Waals surface area contributed by atoms with Crippen LogP contribution in [0.2, 0.25) is 0 Å². The number of piperazine rings is 1. The highest BCUT2D eigenvalue weighted by atomic mass is 15.2. The molecule has 4 heteroatoms. The van der Waals surface area contributed by atoms with Crippen LogP contribution in [0.3, 0.4) is 0 Å². The number of aromatic nitrogens is 1. The third-order valence-corrected chi connectivity index (χ3v) is 7.22. The van der Waals surface area contributed by atoms with E-state index in [0.29, 0.717) is 0 Å². The molecule has 2 aromatic carbocycles. The zero-order chi connectivity index (χ0) is 28.2. The summed E-state index contributed by atoms with van der Waals surface area (Å²) in [6.07, 6.45) is 7.91. The van der Waals surface area contributed by atoms with Crippen molar-refractivity contribution in [2.75, 3.05) is 39.8 Å². The molecular formula is C35H46N4. The Morgan fingerprint density at radius 2 is 1.59 bits per heavy atom. The van der Waals surface area contributed by atoms with E-state index < -0.39 is 0 Å². The fourth-order valence-electron chi connectivity index (χ4n) is 5.11. The summed E-state index contributed by atoms with van der Waals surface area (Å²) in [5.41, 5.74) is 11.1. The molecule has 0 aliphatic carbocycles. The molecule has 1 aliphatic rings. The first-order valence-electron chi connectivity index (χ1n) is 14.4. The van der Waals surface area contributed by atoms with Gasteiger partial charge in [-0.1, -0.05) is 94.6 Å². The van der Waals surface area contributed by atoms with Crippen LogP contribution in [0, 0.1) is 0 Å². The molecule has 2 heterocycles. The summed E-state index contributed by atoms with van der Waals surface area (Å²) in [5, 5.41) is 6.67. The number of hydrogen-bond acceptors (Lipinski definition) is 4. The van der Waals surface area contributed by atoms with Gasteiger partial charge in [0.15, 0.2) is 0 Å². The molecule has 0 amide bonds. The molecule has 4 nitrogen and oxygen atoms in total. The van der Waals surface area contributed by atoms with Crippen LogP contribution in [0.15, 0.2) is 67.8 Å². The molecule has 0 radical (unpaired) electrons. The van der Waals surface area contributed by atoms with E-state index in [0.717, 1.165) is 79.3 Å². The van der Waals surface area contributed by atoms with Crippen molar-refractivity contribution in [3.8, 4) is 22.4 Å². The number of nitrogens with one attached hydrogen (secondary N) is 2. The van der Waals surface area contributed by atoms with E-state index in [1.54, 1.807) is 0 Å². The highest BCUT2D eigenvalue weighted by Crippen LogP contribution is 2.34. The average Bonchev–Trinajstić information content (AvgIpc) is 3.01. The van der Waals surface area contributed by atoms with Gasteiger partial charge in [-0.2, -0.15) is 0 Å². The molecule has 0 atom stereocenters. The van der Waals surface area contributed by atoms with Crippen LogP contribution in [0.25, 0.3) is 40.2 Å². The summed E-state index contributed by atoms with van der Waals surface area (Å²) >= 11 is 0.